The molecule has 2 aromatic rings. The highest BCUT2D eigenvalue weighted by atomic mass is 16.5. The number of piperazine rings is 1. The minimum absolute atomic E-state index is 0.0191. The van der Waals surface area contributed by atoms with Gasteiger partial charge in [-0.25, -0.2) is 4.79 Å². The van der Waals surface area contributed by atoms with Crippen molar-refractivity contribution in [1.29, 1.82) is 0 Å². The second-order valence-electron chi connectivity index (χ2n) is 9.28. The van der Waals surface area contributed by atoms with E-state index in [0.29, 0.717) is 31.9 Å². The Bertz CT molecular complexity index is 1030. The van der Waals surface area contributed by atoms with Gasteiger partial charge in [0.25, 0.3) is 0 Å². The zero-order valence-corrected chi connectivity index (χ0v) is 21.6. The molecule has 1 aliphatic rings. The molecule has 0 aliphatic carbocycles. The van der Waals surface area contributed by atoms with Gasteiger partial charge in [0.1, 0.15) is 0 Å². The van der Waals surface area contributed by atoms with Crippen molar-refractivity contribution in [3.8, 4) is 0 Å². The molecule has 9 heteroatoms. The number of benzene rings is 2. The number of amides is 4. The summed E-state index contributed by atoms with van der Waals surface area (Å²) in [6.07, 6.45) is 0. The molecule has 0 radical (unpaired) electrons. The predicted octanol–water partition coefficient (Wildman–Crippen LogP) is 3.42. The third-order valence-corrected chi connectivity index (χ3v) is 6.06. The van der Waals surface area contributed by atoms with E-state index in [1.807, 2.05) is 74.2 Å². The zero-order valence-electron chi connectivity index (χ0n) is 21.6. The van der Waals surface area contributed by atoms with E-state index < -0.39 is 0 Å². The molecule has 0 spiro atoms. The van der Waals surface area contributed by atoms with E-state index in [1.165, 1.54) is 4.90 Å². The van der Waals surface area contributed by atoms with E-state index in [1.54, 1.807) is 7.11 Å². The molecule has 2 N–H and O–H groups in total. The molecule has 1 saturated heterocycles. The number of nitrogens with one attached hydrogen (secondary N) is 2. The molecular weight excluding hydrogens is 458 g/mol. The van der Waals surface area contributed by atoms with E-state index in [4.69, 9.17) is 4.74 Å². The van der Waals surface area contributed by atoms with Crippen LogP contribution in [0, 0.1) is 12.8 Å². The lowest BCUT2D eigenvalue weighted by Crippen LogP contribution is -2.50. The van der Waals surface area contributed by atoms with Crippen LogP contribution in [0.4, 0.5) is 21.9 Å². The van der Waals surface area contributed by atoms with Crippen LogP contribution in [0.15, 0.2) is 48.5 Å². The SMILES string of the molecule is COCCN(CC(=O)Nc1ccc(N2CCN(C(=O)Nc3cccc(C)c3)CC2)cc1)C(=O)C(C)C. The third kappa shape index (κ3) is 7.71. The molecule has 1 aliphatic heterocycles. The van der Waals surface area contributed by atoms with Crippen molar-refractivity contribution in [1.82, 2.24) is 9.80 Å². The van der Waals surface area contributed by atoms with Crippen LogP contribution in [0.1, 0.15) is 19.4 Å². The standard InChI is InChI=1S/C27H37N5O4/c1-20(2)26(34)32(16-17-36-4)19-25(33)28-22-8-10-24(11-9-22)30-12-14-31(15-13-30)27(35)29-23-7-5-6-21(3)18-23/h5-11,18,20H,12-17,19H2,1-4H3,(H,28,33)(H,29,35). The molecular formula is C27H37N5O4. The molecule has 0 aromatic heterocycles. The van der Waals surface area contributed by atoms with Gasteiger partial charge in [-0.3, -0.25) is 9.59 Å². The first-order valence-electron chi connectivity index (χ1n) is 12.3. The van der Waals surface area contributed by atoms with Gasteiger partial charge in [-0.2, -0.15) is 0 Å². The van der Waals surface area contributed by atoms with Gasteiger partial charge in [0.05, 0.1) is 13.2 Å². The van der Waals surface area contributed by atoms with Crippen LogP contribution in [-0.2, 0) is 14.3 Å². The number of urea groups is 1. The van der Waals surface area contributed by atoms with Gasteiger partial charge in [-0.1, -0.05) is 26.0 Å². The second-order valence-corrected chi connectivity index (χ2v) is 9.28. The van der Waals surface area contributed by atoms with Crippen molar-refractivity contribution in [3.63, 3.8) is 0 Å². The Morgan fingerprint density at radius 3 is 2.28 bits per heavy atom. The van der Waals surface area contributed by atoms with Crippen LogP contribution in [0.5, 0.6) is 0 Å². The summed E-state index contributed by atoms with van der Waals surface area (Å²) in [6.45, 7) is 9.04. The predicted molar refractivity (Wildman–Crippen MR) is 142 cm³/mol. The molecule has 194 valence electrons. The monoisotopic (exact) mass is 495 g/mol. The van der Waals surface area contributed by atoms with E-state index in [9.17, 15) is 14.4 Å². The van der Waals surface area contributed by atoms with Gasteiger partial charge in [-0.15, -0.1) is 0 Å². The zero-order chi connectivity index (χ0) is 26.1. The van der Waals surface area contributed by atoms with Gasteiger partial charge < -0.3 is 30.1 Å². The topological polar surface area (TPSA) is 94.2 Å². The summed E-state index contributed by atoms with van der Waals surface area (Å²) in [7, 11) is 1.57. The highest BCUT2D eigenvalue weighted by Gasteiger charge is 2.22. The Hall–Kier alpha value is -3.59. The minimum Gasteiger partial charge on any atom is -0.383 e. The van der Waals surface area contributed by atoms with Crippen LogP contribution in [0.25, 0.3) is 0 Å². The van der Waals surface area contributed by atoms with Crippen molar-refractivity contribution in [3.05, 3.63) is 54.1 Å². The summed E-state index contributed by atoms with van der Waals surface area (Å²) >= 11 is 0. The highest BCUT2D eigenvalue weighted by Crippen LogP contribution is 2.20. The first kappa shape index (κ1) is 27.0. The Kier molecular flexibility index (Phi) is 9.69. The lowest BCUT2D eigenvalue weighted by molar-refractivity contribution is -0.138. The smallest absolute Gasteiger partial charge is 0.321 e. The Balaban J connectivity index is 1.49. The van der Waals surface area contributed by atoms with Crippen LogP contribution in [-0.4, -0.2) is 80.6 Å². The van der Waals surface area contributed by atoms with Crippen molar-refractivity contribution in [2.75, 3.05) is 68.5 Å². The third-order valence-electron chi connectivity index (χ3n) is 6.06. The second kappa shape index (κ2) is 12.9. The molecule has 1 fully saturated rings. The summed E-state index contributed by atoms with van der Waals surface area (Å²) in [5.41, 5.74) is 3.60. The Labute approximate surface area is 213 Å². The molecule has 9 nitrogen and oxygen atoms in total. The molecule has 1 heterocycles. The minimum atomic E-state index is -0.249. The molecule has 4 amide bonds. The number of nitrogens with zero attached hydrogens (tertiary/aromatic N) is 3. The summed E-state index contributed by atoms with van der Waals surface area (Å²) in [4.78, 5) is 43.1. The number of hydrogen-bond donors (Lipinski definition) is 2. The fourth-order valence-corrected chi connectivity index (χ4v) is 4.06. The largest absolute Gasteiger partial charge is 0.383 e. The number of carbonyl (C=O) groups is 3. The Morgan fingerprint density at radius 2 is 1.67 bits per heavy atom. The summed E-state index contributed by atoms with van der Waals surface area (Å²) in [6, 6.07) is 15.3. The number of ether oxygens (including phenoxy) is 1. The number of carbonyl (C=O) groups excluding carboxylic acids is 3. The maximum atomic E-state index is 12.6. The fraction of sp³-hybridized carbons (Fsp3) is 0.444. The number of aryl methyl sites for hydroxylation is 1. The molecule has 0 unspecified atom stereocenters. The van der Waals surface area contributed by atoms with Crippen molar-refractivity contribution >= 4 is 34.9 Å². The maximum absolute atomic E-state index is 12.6. The van der Waals surface area contributed by atoms with E-state index in [0.717, 1.165) is 30.0 Å². The quantitative estimate of drug-likeness (QED) is 0.556. The van der Waals surface area contributed by atoms with Gasteiger partial charge in [0, 0.05) is 62.8 Å². The summed E-state index contributed by atoms with van der Waals surface area (Å²) < 4.78 is 5.07. The number of hydrogen-bond acceptors (Lipinski definition) is 5. The van der Waals surface area contributed by atoms with Crippen LogP contribution in [0.2, 0.25) is 0 Å². The summed E-state index contributed by atoms with van der Waals surface area (Å²) in [5.74, 6) is -0.520. The highest BCUT2D eigenvalue weighted by molar-refractivity contribution is 5.95. The molecule has 36 heavy (non-hydrogen) atoms. The number of methoxy groups -OCH3 is 1. The van der Waals surface area contributed by atoms with Gasteiger partial charge in [-0.05, 0) is 48.9 Å². The number of rotatable bonds is 9. The van der Waals surface area contributed by atoms with Crippen molar-refractivity contribution in [2.45, 2.75) is 20.8 Å². The lowest BCUT2D eigenvalue weighted by Gasteiger charge is -2.36. The van der Waals surface area contributed by atoms with Crippen LogP contribution in [0.3, 0.4) is 0 Å². The molecule has 0 saturated carbocycles. The average molecular weight is 496 g/mol. The van der Waals surface area contributed by atoms with Gasteiger partial charge in [0.2, 0.25) is 11.8 Å². The van der Waals surface area contributed by atoms with E-state index in [-0.39, 0.29) is 30.3 Å². The van der Waals surface area contributed by atoms with Crippen molar-refractivity contribution < 1.29 is 19.1 Å². The fourth-order valence-electron chi connectivity index (χ4n) is 4.06. The first-order valence-corrected chi connectivity index (χ1v) is 12.3. The molecule has 0 bridgehead atoms. The van der Waals surface area contributed by atoms with Crippen LogP contribution < -0.4 is 15.5 Å². The van der Waals surface area contributed by atoms with Gasteiger partial charge in [0.15, 0.2) is 0 Å². The van der Waals surface area contributed by atoms with Crippen LogP contribution >= 0.6 is 0 Å². The Morgan fingerprint density at radius 1 is 0.972 bits per heavy atom. The average Bonchev–Trinajstić information content (AvgIpc) is 2.86. The molecule has 3 rings (SSSR count). The summed E-state index contributed by atoms with van der Waals surface area (Å²) in [5, 5.41) is 5.84. The van der Waals surface area contributed by atoms with Crippen molar-refractivity contribution in [2.24, 2.45) is 5.92 Å². The van der Waals surface area contributed by atoms with Gasteiger partial charge >= 0.3 is 6.03 Å². The lowest BCUT2D eigenvalue weighted by atomic mass is 10.2. The molecule has 2 aromatic carbocycles. The van der Waals surface area contributed by atoms with E-state index in [2.05, 4.69) is 15.5 Å². The molecule has 0 atom stereocenters. The number of anilines is 3. The normalized spacial score (nSPS) is 13.5. The van der Waals surface area contributed by atoms with E-state index >= 15 is 0 Å². The first-order chi connectivity index (χ1) is 17.3. The maximum Gasteiger partial charge on any atom is 0.321 e.